The standard InChI is InChI=1S/C18H30N2O2/c1-13-11-14(17(22)15(12-13)18(2,3)4)7-8-16(21)20(6)10-9-19-5/h11-12,19,22H,7-10H2,1-6H3. The van der Waals surface area contributed by atoms with E-state index < -0.39 is 0 Å². The molecule has 124 valence electrons. The van der Waals surface area contributed by atoms with E-state index in [1.165, 1.54) is 0 Å². The first-order valence-corrected chi connectivity index (χ1v) is 7.88. The molecule has 4 nitrogen and oxygen atoms in total. The van der Waals surface area contributed by atoms with E-state index in [2.05, 4.69) is 26.1 Å². The SMILES string of the molecule is CNCCN(C)C(=O)CCc1cc(C)cc(C(C)(C)C)c1O. The predicted molar refractivity (Wildman–Crippen MR) is 91.4 cm³/mol. The lowest BCUT2D eigenvalue weighted by Crippen LogP contribution is -2.32. The Morgan fingerprint density at radius 3 is 2.50 bits per heavy atom. The number of aromatic hydroxyl groups is 1. The number of benzene rings is 1. The van der Waals surface area contributed by atoms with Crippen molar-refractivity contribution in [2.45, 2.75) is 46.0 Å². The smallest absolute Gasteiger partial charge is 0.222 e. The lowest BCUT2D eigenvalue weighted by Gasteiger charge is -2.23. The first kappa shape index (κ1) is 18.5. The zero-order chi connectivity index (χ0) is 16.9. The second kappa shape index (κ2) is 7.63. The molecule has 0 bridgehead atoms. The van der Waals surface area contributed by atoms with Crippen LogP contribution >= 0.6 is 0 Å². The molecule has 0 aliphatic heterocycles. The Hall–Kier alpha value is -1.55. The minimum atomic E-state index is -0.113. The van der Waals surface area contributed by atoms with Crippen molar-refractivity contribution in [3.8, 4) is 5.75 Å². The van der Waals surface area contributed by atoms with Crippen LogP contribution in [0.1, 0.15) is 43.9 Å². The molecule has 0 saturated carbocycles. The van der Waals surface area contributed by atoms with E-state index in [9.17, 15) is 9.90 Å². The zero-order valence-corrected chi connectivity index (χ0v) is 14.8. The van der Waals surface area contributed by atoms with Crippen LogP contribution in [0.15, 0.2) is 12.1 Å². The van der Waals surface area contributed by atoms with Gasteiger partial charge in [-0.3, -0.25) is 4.79 Å². The Kier molecular flexibility index (Phi) is 6.42. The Morgan fingerprint density at radius 2 is 1.95 bits per heavy atom. The topological polar surface area (TPSA) is 52.6 Å². The van der Waals surface area contributed by atoms with Gasteiger partial charge in [-0.25, -0.2) is 0 Å². The molecule has 0 aromatic heterocycles. The van der Waals surface area contributed by atoms with Crippen molar-refractivity contribution >= 4 is 5.91 Å². The number of carbonyl (C=O) groups is 1. The van der Waals surface area contributed by atoms with Crippen LogP contribution in [0.5, 0.6) is 5.75 Å². The van der Waals surface area contributed by atoms with E-state index >= 15 is 0 Å². The summed E-state index contributed by atoms with van der Waals surface area (Å²) >= 11 is 0. The minimum Gasteiger partial charge on any atom is -0.507 e. The lowest BCUT2D eigenvalue weighted by molar-refractivity contribution is -0.129. The molecule has 2 N–H and O–H groups in total. The van der Waals surface area contributed by atoms with Crippen molar-refractivity contribution in [2.24, 2.45) is 0 Å². The number of carbonyl (C=O) groups excluding carboxylic acids is 1. The van der Waals surface area contributed by atoms with Crippen LogP contribution < -0.4 is 5.32 Å². The first-order chi connectivity index (χ1) is 10.2. The summed E-state index contributed by atoms with van der Waals surface area (Å²) in [5.41, 5.74) is 2.81. The summed E-state index contributed by atoms with van der Waals surface area (Å²) in [7, 11) is 3.69. The second-order valence-electron chi connectivity index (χ2n) is 6.99. The van der Waals surface area contributed by atoms with Gasteiger partial charge >= 0.3 is 0 Å². The first-order valence-electron chi connectivity index (χ1n) is 7.88. The number of nitrogens with one attached hydrogen (secondary N) is 1. The summed E-state index contributed by atoms with van der Waals surface area (Å²) in [5, 5.41) is 13.5. The Balaban J connectivity index is 2.82. The second-order valence-corrected chi connectivity index (χ2v) is 6.99. The van der Waals surface area contributed by atoms with Crippen LogP contribution in [0.4, 0.5) is 0 Å². The van der Waals surface area contributed by atoms with Crippen molar-refractivity contribution in [2.75, 3.05) is 27.2 Å². The average Bonchev–Trinajstić information content (AvgIpc) is 2.43. The van der Waals surface area contributed by atoms with Crippen molar-refractivity contribution in [1.29, 1.82) is 0 Å². The average molecular weight is 306 g/mol. The molecule has 0 saturated heterocycles. The van der Waals surface area contributed by atoms with Gasteiger partial charge in [-0.15, -0.1) is 0 Å². The fourth-order valence-electron chi connectivity index (χ4n) is 2.45. The van der Waals surface area contributed by atoms with Gasteiger partial charge in [0.25, 0.3) is 0 Å². The lowest BCUT2D eigenvalue weighted by atomic mass is 9.83. The fourth-order valence-corrected chi connectivity index (χ4v) is 2.45. The molecule has 0 aliphatic carbocycles. The molecule has 4 heteroatoms. The Bertz CT molecular complexity index is 519. The van der Waals surface area contributed by atoms with Gasteiger partial charge in [0.15, 0.2) is 0 Å². The third-order valence-corrected chi connectivity index (χ3v) is 3.87. The normalized spacial score (nSPS) is 11.5. The Labute approximate surface area is 134 Å². The third kappa shape index (κ3) is 5.02. The van der Waals surface area contributed by atoms with Crippen LogP contribution in [0.2, 0.25) is 0 Å². The van der Waals surface area contributed by atoms with Crippen molar-refractivity contribution in [3.63, 3.8) is 0 Å². The van der Waals surface area contributed by atoms with Gasteiger partial charge in [0.2, 0.25) is 5.91 Å². The molecule has 1 amide bonds. The molecule has 0 radical (unpaired) electrons. The highest BCUT2D eigenvalue weighted by Crippen LogP contribution is 2.34. The van der Waals surface area contributed by atoms with E-state index in [0.29, 0.717) is 25.1 Å². The molecule has 0 fully saturated rings. The molecule has 0 unspecified atom stereocenters. The van der Waals surface area contributed by atoms with Crippen LogP contribution in [0.25, 0.3) is 0 Å². The predicted octanol–water partition coefficient (Wildman–Crippen LogP) is 2.61. The Morgan fingerprint density at radius 1 is 1.32 bits per heavy atom. The number of amides is 1. The van der Waals surface area contributed by atoms with Gasteiger partial charge in [0, 0.05) is 26.6 Å². The maximum absolute atomic E-state index is 12.1. The molecule has 1 aromatic carbocycles. The van der Waals surface area contributed by atoms with Gasteiger partial charge in [-0.05, 0) is 36.9 Å². The number of phenolic OH excluding ortho intramolecular Hbond substituents is 1. The van der Waals surface area contributed by atoms with Crippen molar-refractivity contribution in [1.82, 2.24) is 10.2 Å². The number of nitrogens with zero attached hydrogens (tertiary/aromatic N) is 1. The molecule has 0 heterocycles. The van der Waals surface area contributed by atoms with Gasteiger partial charge in [-0.1, -0.05) is 38.5 Å². The van der Waals surface area contributed by atoms with E-state index in [1.54, 1.807) is 4.90 Å². The summed E-state index contributed by atoms with van der Waals surface area (Å²) in [4.78, 5) is 13.8. The van der Waals surface area contributed by atoms with Crippen LogP contribution in [-0.2, 0) is 16.6 Å². The molecular weight excluding hydrogens is 276 g/mol. The highest BCUT2D eigenvalue weighted by atomic mass is 16.3. The van der Waals surface area contributed by atoms with E-state index in [0.717, 1.165) is 23.2 Å². The zero-order valence-electron chi connectivity index (χ0n) is 14.8. The number of likely N-dealkylation sites (N-methyl/N-ethyl adjacent to an activating group) is 2. The highest BCUT2D eigenvalue weighted by molar-refractivity contribution is 5.76. The number of hydrogen-bond donors (Lipinski definition) is 2. The maximum atomic E-state index is 12.1. The van der Waals surface area contributed by atoms with Crippen LogP contribution in [0.3, 0.4) is 0 Å². The number of aryl methyl sites for hydroxylation is 2. The molecule has 0 spiro atoms. The molecular formula is C18H30N2O2. The molecule has 0 atom stereocenters. The summed E-state index contributed by atoms with van der Waals surface area (Å²) in [6.07, 6.45) is 0.986. The fraction of sp³-hybridized carbons (Fsp3) is 0.611. The molecule has 1 rings (SSSR count). The van der Waals surface area contributed by atoms with Crippen LogP contribution in [0, 0.1) is 6.92 Å². The number of phenols is 1. The van der Waals surface area contributed by atoms with E-state index in [1.807, 2.05) is 33.2 Å². The molecule has 1 aromatic rings. The third-order valence-electron chi connectivity index (χ3n) is 3.87. The van der Waals surface area contributed by atoms with Crippen molar-refractivity contribution in [3.05, 3.63) is 28.8 Å². The minimum absolute atomic E-state index is 0.105. The number of hydrogen-bond acceptors (Lipinski definition) is 3. The van der Waals surface area contributed by atoms with Crippen molar-refractivity contribution < 1.29 is 9.90 Å². The summed E-state index contributed by atoms with van der Waals surface area (Å²) in [6.45, 7) is 9.76. The van der Waals surface area contributed by atoms with Crippen LogP contribution in [-0.4, -0.2) is 43.1 Å². The highest BCUT2D eigenvalue weighted by Gasteiger charge is 2.21. The molecule has 22 heavy (non-hydrogen) atoms. The van der Waals surface area contributed by atoms with Gasteiger partial charge in [0.05, 0.1) is 0 Å². The largest absolute Gasteiger partial charge is 0.507 e. The summed E-state index contributed by atoms with van der Waals surface area (Å²) < 4.78 is 0. The quantitative estimate of drug-likeness (QED) is 0.849. The monoisotopic (exact) mass is 306 g/mol. The van der Waals surface area contributed by atoms with Gasteiger partial charge in [0.1, 0.15) is 5.75 Å². The summed E-state index contributed by atoms with van der Waals surface area (Å²) in [6, 6.07) is 4.01. The maximum Gasteiger partial charge on any atom is 0.222 e. The number of rotatable bonds is 6. The van der Waals surface area contributed by atoms with Gasteiger partial charge in [-0.2, -0.15) is 0 Å². The summed E-state index contributed by atoms with van der Waals surface area (Å²) in [5.74, 6) is 0.442. The molecule has 0 aliphatic rings. The van der Waals surface area contributed by atoms with Gasteiger partial charge < -0.3 is 15.3 Å². The van der Waals surface area contributed by atoms with E-state index in [-0.39, 0.29) is 11.3 Å². The van der Waals surface area contributed by atoms with E-state index in [4.69, 9.17) is 0 Å².